The zero-order chi connectivity index (χ0) is 20.2. The van der Waals surface area contributed by atoms with Crippen molar-refractivity contribution in [1.82, 2.24) is 0 Å². The minimum absolute atomic E-state index is 0.0149. The van der Waals surface area contributed by atoms with Gasteiger partial charge < -0.3 is 0 Å². The molecule has 1 heterocycles. The Balaban J connectivity index is 2.07. The molecule has 1 aliphatic rings. The Morgan fingerprint density at radius 2 is 1.32 bits per heavy atom. The monoisotopic (exact) mass is 441 g/mol. The minimum Gasteiger partial charge on any atom is -0.268 e. The highest BCUT2D eigenvalue weighted by Gasteiger charge is 2.38. The maximum absolute atomic E-state index is 13.0. The minimum atomic E-state index is -0.772. The van der Waals surface area contributed by atoms with E-state index in [1.165, 1.54) is 12.1 Å². The van der Waals surface area contributed by atoms with E-state index in [1.807, 2.05) is 0 Å². The van der Waals surface area contributed by atoms with Crippen LogP contribution in [-0.2, 0) is 0 Å². The van der Waals surface area contributed by atoms with Gasteiger partial charge in [-0.15, -0.1) is 0 Å². The number of nitro benzene ring substituents is 2. The van der Waals surface area contributed by atoms with E-state index in [4.69, 9.17) is 0 Å². The van der Waals surface area contributed by atoms with E-state index in [1.54, 1.807) is 24.3 Å². The highest BCUT2D eigenvalue weighted by atomic mass is 79.9. The molecule has 9 nitrogen and oxygen atoms in total. The Morgan fingerprint density at radius 3 is 1.79 bits per heavy atom. The summed E-state index contributed by atoms with van der Waals surface area (Å²) in [6.45, 7) is 0. The van der Waals surface area contributed by atoms with Gasteiger partial charge in [-0.3, -0.25) is 29.8 Å². The summed E-state index contributed by atoms with van der Waals surface area (Å²) in [7, 11) is 0. The molecular weight excluding hydrogens is 434 g/mol. The normalized spacial score (nSPS) is 13.1. The van der Waals surface area contributed by atoms with Crippen LogP contribution >= 0.6 is 15.9 Å². The van der Waals surface area contributed by atoms with Gasteiger partial charge in [0.25, 0.3) is 23.2 Å². The zero-order valence-electron chi connectivity index (χ0n) is 13.8. The lowest BCUT2D eigenvalue weighted by molar-refractivity contribution is -0.390. The van der Waals surface area contributed by atoms with Gasteiger partial charge in [-0.1, -0.05) is 22.0 Å². The molecule has 0 radical (unpaired) electrons. The van der Waals surface area contributed by atoms with Crippen LogP contribution in [0.4, 0.5) is 17.1 Å². The molecule has 0 saturated heterocycles. The number of non-ortho nitro benzene ring substituents is 2. The highest BCUT2D eigenvalue weighted by Crippen LogP contribution is 2.41. The number of anilines is 1. The maximum atomic E-state index is 13.0. The summed E-state index contributed by atoms with van der Waals surface area (Å²) in [6, 6.07) is 11.0. The van der Waals surface area contributed by atoms with Gasteiger partial charge in [0.1, 0.15) is 5.39 Å². The molecule has 1 aliphatic heterocycles. The summed E-state index contributed by atoms with van der Waals surface area (Å²) in [5.74, 6) is -1.42. The van der Waals surface area contributed by atoms with E-state index < -0.39 is 33.0 Å². The number of carbonyl (C=O) groups excluding carboxylic acids is 2. The van der Waals surface area contributed by atoms with Gasteiger partial charge in [0.15, 0.2) is 0 Å². The molecule has 0 bridgehead atoms. The van der Waals surface area contributed by atoms with Crippen molar-refractivity contribution in [2.45, 2.75) is 0 Å². The standard InChI is InChI=1S/C18H8BrN3O6/c19-9-2-1-3-10(8-9)20-17(23)11-4-6-13(21(25)26)16-14(22(27)28)7-5-12(15(11)16)18(20)24/h1-8H. The van der Waals surface area contributed by atoms with Gasteiger partial charge >= 0.3 is 0 Å². The first-order valence-corrected chi connectivity index (χ1v) is 8.63. The molecule has 3 aromatic rings. The lowest BCUT2D eigenvalue weighted by Crippen LogP contribution is -2.40. The summed E-state index contributed by atoms with van der Waals surface area (Å²) < 4.78 is 0.647. The van der Waals surface area contributed by atoms with Crippen molar-refractivity contribution in [3.05, 3.63) is 84.4 Å². The number of hydrogen-bond donors (Lipinski definition) is 0. The Hall–Kier alpha value is -3.66. The average molecular weight is 442 g/mol. The smallest absolute Gasteiger partial charge is 0.268 e. The molecule has 0 spiro atoms. The SMILES string of the molecule is O=C1c2ccc([N+](=O)[O-])c3c([N+](=O)[O-])ccc(c23)C(=O)N1c1cccc(Br)c1. The molecule has 138 valence electrons. The van der Waals surface area contributed by atoms with Gasteiger partial charge in [-0.2, -0.15) is 0 Å². The second kappa shape index (κ2) is 6.20. The van der Waals surface area contributed by atoms with Crippen molar-refractivity contribution in [1.29, 1.82) is 0 Å². The van der Waals surface area contributed by atoms with E-state index in [-0.39, 0.29) is 21.9 Å². The summed E-state index contributed by atoms with van der Waals surface area (Å²) in [6.07, 6.45) is 0. The zero-order valence-corrected chi connectivity index (χ0v) is 15.4. The van der Waals surface area contributed by atoms with Crippen molar-refractivity contribution in [3.63, 3.8) is 0 Å². The van der Waals surface area contributed by atoms with Crippen LogP contribution in [0.15, 0.2) is 53.0 Å². The fraction of sp³-hybridized carbons (Fsp3) is 0. The van der Waals surface area contributed by atoms with E-state index >= 15 is 0 Å². The third-order valence-corrected chi connectivity index (χ3v) is 4.94. The predicted octanol–water partition coefficient (Wildman–Crippen LogP) is 4.22. The van der Waals surface area contributed by atoms with Crippen LogP contribution < -0.4 is 4.90 Å². The first-order valence-electron chi connectivity index (χ1n) is 7.84. The summed E-state index contributed by atoms with van der Waals surface area (Å²) in [4.78, 5) is 48.3. The number of rotatable bonds is 3. The second-order valence-corrected chi connectivity index (χ2v) is 6.87. The van der Waals surface area contributed by atoms with Crippen LogP contribution in [0, 0.1) is 20.2 Å². The molecule has 2 amide bonds. The molecule has 4 rings (SSSR count). The molecule has 10 heteroatoms. The highest BCUT2D eigenvalue weighted by molar-refractivity contribution is 9.10. The Bertz CT molecular complexity index is 1170. The number of carbonyl (C=O) groups is 2. The maximum Gasteiger partial charge on any atom is 0.284 e. The van der Waals surface area contributed by atoms with E-state index in [0.29, 0.717) is 10.2 Å². The first-order chi connectivity index (χ1) is 13.3. The Morgan fingerprint density at radius 1 is 0.786 bits per heavy atom. The summed E-state index contributed by atoms with van der Waals surface area (Å²) >= 11 is 3.28. The van der Waals surface area contributed by atoms with Crippen molar-refractivity contribution in [3.8, 4) is 0 Å². The van der Waals surface area contributed by atoms with Gasteiger partial charge in [-0.25, -0.2) is 4.90 Å². The number of nitrogens with zero attached hydrogens (tertiary/aromatic N) is 3. The molecule has 3 aromatic carbocycles. The van der Waals surface area contributed by atoms with E-state index in [9.17, 15) is 29.8 Å². The van der Waals surface area contributed by atoms with E-state index in [0.717, 1.165) is 17.0 Å². The third-order valence-electron chi connectivity index (χ3n) is 4.44. The molecule has 28 heavy (non-hydrogen) atoms. The molecule has 0 aromatic heterocycles. The molecule has 0 fully saturated rings. The van der Waals surface area contributed by atoms with Crippen molar-refractivity contribution < 1.29 is 19.4 Å². The molecule has 0 saturated carbocycles. The quantitative estimate of drug-likeness (QED) is 0.340. The van der Waals surface area contributed by atoms with Crippen molar-refractivity contribution >= 4 is 55.6 Å². The lowest BCUT2D eigenvalue weighted by atomic mass is 9.91. The molecule has 0 N–H and O–H groups in total. The molecule has 0 aliphatic carbocycles. The lowest BCUT2D eigenvalue weighted by Gasteiger charge is -2.27. The number of nitro groups is 2. The van der Waals surface area contributed by atoms with Crippen molar-refractivity contribution in [2.24, 2.45) is 0 Å². The summed E-state index contributed by atoms with van der Waals surface area (Å²) in [5, 5.41) is 22.4. The number of halogens is 1. The van der Waals surface area contributed by atoms with Gasteiger partial charge in [0, 0.05) is 33.1 Å². The molecule has 0 unspecified atom stereocenters. The topological polar surface area (TPSA) is 124 Å². The number of benzene rings is 3. The third kappa shape index (κ3) is 2.46. The first kappa shape index (κ1) is 17.7. The number of imide groups is 1. The van der Waals surface area contributed by atoms with Crippen LogP contribution in [0.2, 0.25) is 0 Å². The average Bonchev–Trinajstić information content (AvgIpc) is 2.65. The van der Waals surface area contributed by atoms with Crippen LogP contribution in [0.5, 0.6) is 0 Å². The van der Waals surface area contributed by atoms with Crippen LogP contribution in [0.1, 0.15) is 20.7 Å². The Kier molecular flexibility index (Phi) is 3.93. The fourth-order valence-corrected chi connectivity index (χ4v) is 3.69. The largest absolute Gasteiger partial charge is 0.284 e. The van der Waals surface area contributed by atoms with Crippen molar-refractivity contribution in [2.75, 3.05) is 4.90 Å². The number of hydrogen-bond acceptors (Lipinski definition) is 6. The molecular formula is C18H8BrN3O6. The van der Waals surface area contributed by atoms with Gasteiger partial charge in [-0.05, 0) is 30.3 Å². The fourth-order valence-electron chi connectivity index (χ4n) is 3.30. The predicted molar refractivity (Wildman–Crippen MR) is 103 cm³/mol. The van der Waals surface area contributed by atoms with Gasteiger partial charge in [0.2, 0.25) is 0 Å². The summed E-state index contributed by atoms with van der Waals surface area (Å²) in [5.41, 5.74) is -0.801. The Labute approximate surface area is 164 Å². The van der Waals surface area contributed by atoms with Crippen LogP contribution in [0.25, 0.3) is 10.8 Å². The van der Waals surface area contributed by atoms with E-state index in [2.05, 4.69) is 15.9 Å². The van der Waals surface area contributed by atoms with Crippen LogP contribution in [-0.4, -0.2) is 21.7 Å². The number of amides is 2. The molecule has 0 atom stereocenters. The van der Waals surface area contributed by atoms with Crippen LogP contribution in [0.3, 0.4) is 0 Å². The second-order valence-electron chi connectivity index (χ2n) is 5.95. The van der Waals surface area contributed by atoms with Gasteiger partial charge in [0.05, 0.1) is 15.5 Å².